The quantitative estimate of drug-likeness (QED) is 0.729. The molecule has 1 heterocycles. The van der Waals surface area contributed by atoms with E-state index in [4.69, 9.17) is 4.42 Å². The Bertz CT molecular complexity index is 843. The number of aryl methyl sites for hydroxylation is 1. The second kappa shape index (κ2) is 7.21. The summed E-state index contributed by atoms with van der Waals surface area (Å²) in [7, 11) is 0. The Hall–Kier alpha value is -1.82. The van der Waals surface area contributed by atoms with E-state index in [-0.39, 0.29) is 5.91 Å². The van der Waals surface area contributed by atoms with Crippen LogP contribution in [0, 0.1) is 30.1 Å². The number of aromatic nitrogens is 2. The molecule has 4 fully saturated rings. The molecule has 28 heavy (non-hydrogen) atoms. The van der Waals surface area contributed by atoms with E-state index in [2.05, 4.69) is 15.5 Å². The van der Waals surface area contributed by atoms with Gasteiger partial charge in [0, 0.05) is 12.1 Å². The molecular formula is C22H27N3O2S. The Morgan fingerprint density at radius 2 is 1.82 bits per heavy atom. The molecule has 2 aromatic rings. The van der Waals surface area contributed by atoms with Crippen LogP contribution in [0.15, 0.2) is 33.9 Å². The zero-order chi connectivity index (χ0) is 19.1. The maximum absolute atomic E-state index is 12.4. The van der Waals surface area contributed by atoms with Crippen LogP contribution in [0.5, 0.6) is 0 Å². The summed E-state index contributed by atoms with van der Waals surface area (Å²) in [5, 5.41) is 11.9. The third kappa shape index (κ3) is 3.59. The van der Waals surface area contributed by atoms with E-state index in [0.29, 0.717) is 22.3 Å². The number of rotatable bonds is 6. The first kappa shape index (κ1) is 18.2. The van der Waals surface area contributed by atoms with Crippen molar-refractivity contribution in [1.29, 1.82) is 0 Å². The normalized spacial score (nSPS) is 30.5. The minimum atomic E-state index is 0.0661. The number of hydrogen-bond donors (Lipinski definition) is 1. The van der Waals surface area contributed by atoms with Gasteiger partial charge in [-0.3, -0.25) is 4.79 Å². The predicted molar refractivity (Wildman–Crippen MR) is 109 cm³/mol. The fourth-order valence-corrected chi connectivity index (χ4v) is 6.75. The van der Waals surface area contributed by atoms with Gasteiger partial charge in [0.1, 0.15) is 0 Å². The van der Waals surface area contributed by atoms with Gasteiger partial charge >= 0.3 is 0 Å². The molecule has 0 spiro atoms. The summed E-state index contributed by atoms with van der Waals surface area (Å²) in [6.07, 6.45) is 8.25. The van der Waals surface area contributed by atoms with Gasteiger partial charge in [-0.25, -0.2) is 0 Å². The van der Waals surface area contributed by atoms with E-state index in [1.807, 2.05) is 31.2 Å². The first-order valence-corrected chi connectivity index (χ1v) is 11.4. The molecule has 0 atom stereocenters. The van der Waals surface area contributed by atoms with Gasteiger partial charge in [-0.05, 0) is 80.2 Å². The van der Waals surface area contributed by atoms with Crippen LogP contribution in [-0.4, -0.2) is 28.4 Å². The molecule has 1 N–H and O–H groups in total. The lowest BCUT2D eigenvalue weighted by atomic mass is 9.49. The lowest BCUT2D eigenvalue weighted by molar-refractivity contribution is -0.120. The molecule has 5 nitrogen and oxygen atoms in total. The van der Waals surface area contributed by atoms with Crippen LogP contribution in [0.4, 0.5) is 0 Å². The smallest absolute Gasteiger partial charge is 0.277 e. The molecule has 4 bridgehead atoms. The summed E-state index contributed by atoms with van der Waals surface area (Å²) in [6, 6.07) is 7.93. The van der Waals surface area contributed by atoms with E-state index < -0.39 is 0 Å². The van der Waals surface area contributed by atoms with Crippen LogP contribution >= 0.6 is 11.8 Å². The van der Waals surface area contributed by atoms with Crippen LogP contribution < -0.4 is 5.32 Å². The van der Waals surface area contributed by atoms with Gasteiger partial charge in [-0.2, -0.15) is 0 Å². The van der Waals surface area contributed by atoms with Crippen LogP contribution in [0.2, 0.25) is 0 Å². The largest absolute Gasteiger partial charge is 0.411 e. The van der Waals surface area contributed by atoms with E-state index >= 15 is 0 Å². The van der Waals surface area contributed by atoms with E-state index in [0.717, 1.165) is 35.4 Å². The van der Waals surface area contributed by atoms with Crippen molar-refractivity contribution in [3.8, 4) is 11.5 Å². The third-order valence-electron chi connectivity index (χ3n) is 6.93. The Morgan fingerprint density at radius 1 is 1.14 bits per heavy atom. The minimum absolute atomic E-state index is 0.0661. The standard InChI is InChI=1S/C22H27N3O2S/c1-14-4-2-3-5-18(14)20-24-25-21(27-20)28-12-19(26)23-13-22-9-15-6-16(10-22)8-17(7-15)11-22/h2-5,15-17H,6-13H2,1H3,(H,23,26). The first-order valence-electron chi connectivity index (χ1n) is 10.4. The number of carbonyl (C=O) groups is 1. The lowest BCUT2D eigenvalue weighted by Crippen LogP contribution is -2.51. The Balaban J connectivity index is 1.14. The fraction of sp³-hybridized carbons (Fsp3) is 0.591. The van der Waals surface area contributed by atoms with Crippen molar-refractivity contribution in [2.75, 3.05) is 12.3 Å². The number of nitrogens with one attached hydrogen (secondary N) is 1. The van der Waals surface area contributed by atoms with Gasteiger partial charge in [0.25, 0.3) is 5.22 Å². The molecule has 1 aromatic carbocycles. The van der Waals surface area contributed by atoms with Crippen LogP contribution in [0.3, 0.4) is 0 Å². The maximum atomic E-state index is 12.4. The second-order valence-corrected chi connectivity index (χ2v) is 10.1. The molecule has 1 aromatic heterocycles. The highest BCUT2D eigenvalue weighted by Gasteiger charge is 2.50. The maximum Gasteiger partial charge on any atom is 0.277 e. The molecule has 0 saturated heterocycles. The number of nitrogens with zero attached hydrogens (tertiary/aromatic N) is 2. The molecule has 4 saturated carbocycles. The highest BCUT2D eigenvalue weighted by Crippen LogP contribution is 2.59. The number of hydrogen-bond acceptors (Lipinski definition) is 5. The van der Waals surface area contributed by atoms with E-state index in [9.17, 15) is 4.79 Å². The van der Waals surface area contributed by atoms with E-state index in [1.54, 1.807) is 0 Å². The average molecular weight is 398 g/mol. The van der Waals surface area contributed by atoms with Crippen molar-refractivity contribution in [2.45, 2.75) is 50.7 Å². The Labute approximate surface area is 170 Å². The van der Waals surface area contributed by atoms with Crippen molar-refractivity contribution >= 4 is 17.7 Å². The van der Waals surface area contributed by atoms with Crippen LogP contribution in [-0.2, 0) is 4.79 Å². The zero-order valence-electron chi connectivity index (χ0n) is 16.3. The summed E-state index contributed by atoms with van der Waals surface area (Å²) in [6.45, 7) is 2.86. The van der Waals surface area contributed by atoms with Crippen LogP contribution in [0.1, 0.15) is 44.1 Å². The molecule has 6 rings (SSSR count). The second-order valence-electron chi connectivity index (χ2n) is 9.17. The van der Waals surface area contributed by atoms with Crippen molar-refractivity contribution in [1.82, 2.24) is 15.5 Å². The Morgan fingerprint density at radius 3 is 2.50 bits per heavy atom. The SMILES string of the molecule is Cc1ccccc1-c1nnc(SCC(=O)NCC23CC4CC(CC(C4)C2)C3)o1. The molecule has 4 aliphatic carbocycles. The van der Waals surface area contributed by atoms with Crippen molar-refractivity contribution in [2.24, 2.45) is 23.2 Å². The fourth-order valence-electron chi connectivity index (χ4n) is 6.16. The molecular weight excluding hydrogens is 370 g/mol. The van der Waals surface area contributed by atoms with Gasteiger partial charge in [0.05, 0.1) is 5.75 Å². The summed E-state index contributed by atoms with van der Waals surface area (Å²) >= 11 is 1.31. The average Bonchev–Trinajstić information content (AvgIpc) is 3.13. The lowest BCUT2D eigenvalue weighted by Gasteiger charge is -2.56. The van der Waals surface area contributed by atoms with Gasteiger partial charge in [0.15, 0.2) is 0 Å². The molecule has 0 radical (unpaired) electrons. The molecule has 148 valence electrons. The third-order valence-corrected chi connectivity index (χ3v) is 7.75. The minimum Gasteiger partial charge on any atom is -0.411 e. The Kier molecular flexibility index (Phi) is 4.69. The summed E-state index contributed by atoms with van der Waals surface area (Å²) in [5.74, 6) is 3.63. The summed E-state index contributed by atoms with van der Waals surface area (Å²) in [5.41, 5.74) is 2.40. The highest BCUT2D eigenvalue weighted by molar-refractivity contribution is 7.99. The van der Waals surface area contributed by atoms with Gasteiger partial charge in [0.2, 0.25) is 11.8 Å². The van der Waals surface area contributed by atoms with Crippen molar-refractivity contribution in [3.05, 3.63) is 29.8 Å². The topological polar surface area (TPSA) is 68.0 Å². The summed E-state index contributed by atoms with van der Waals surface area (Å²) < 4.78 is 5.74. The van der Waals surface area contributed by atoms with Gasteiger partial charge in [-0.1, -0.05) is 30.0 Å². The number of thioether (sulfide) groups is 1. The predicted octanol–water partition coefficient (Wildman–Crippen LogP) is 4.47. The number of benzene rings is 1. The monoisotopic (exact) mass is 397 g/mol. The van der Waals surface area contributed by atoms with Crippen LogP contribution in [0.25, 0.3) is 11.5 Å². The molecule has 6 heteroatoms. The van der Waals surface area contributed by atoms with Gasteiger partial charge in [-0.15, -0.1) is 10.2 Å². The highest BCUT2D eigenvalue weighted by atomic mass is 32.2. The molecule has 4 aliphatic rings. The first-order chi connectivity index (χ1) is 13.6. The number of carbonyl (C=O) groups excluding carboxylic acids is 1. The number of amides is 1. The summed E-state index contributed by atoms with van der Waals surface area (Å²) in [4.78, 5) is 12.4. The van der Waals surface area contributed by atoms with Crippen molar-refractivity contribution in [3.63, 3.8) is 0 Å². The molecule has 0 unspecified atom stereocenters. The van der Waals surface area contributed by atoms with Gasteiger partial charge < -0.3 is 9.73 Å². The van der Waals surface area contributed by atoms with Crippen molar-refractivity contribution < 1.29 is 9.21 Å². The van der Waals surface area contributed by atoms with E-state index in [1.165, 1.54) is 50.3 Å². The molecule has 1 amide bonds. The molecule has 0 aliphatic heterocycles. The zero-order valence-corrected chi connectivity index (χ0v) is 17.1.